The molecule has 0 bridgehead atoms. The van der Waals surface area contributed by atoms with Gasteiger partial charge in [-0.1, -0.05) is 6.07 Å². The van der Waals surface area contributed by atoms with E-state index in [0.717, 1.165) is 12.3 Å². The monoisotopic (exact) mass is 323 g/mol. The molecule has 1 aromatic carbocycles. The highest BCUT2D eigenvalue weighted by atomic mass is 16.5. The minimum Gasteiger partial charge on any atom is -0.496 e. The van der Waals surface area contributed by atoms with Crippen molar-refractivity contribution < 1.29 is 4.74 Å². The molecule has 1 N–H and O–H groups in total. The van der Waals surface area contributed by atoms with E-state index in [1.807, 2.05) is 12.4 Å². The Balaban J connectivity index is 1.55. The first kappa shape index (κ1) is 15.6. The summed E-state index contributed by atoms with van der Waals surface area (Å²) in [5, 5.41) is 3.54. The lowest BCUT2D eigenvalue weighted by molar-refractivity contribution is 0.265. The van der Waals surface area contributed by atoms with Crippen LogP contribution < -0.4 is 10.1 Å². The Morgan fingerprint density at radius 2 is 2.04 bits per heavy atom. The van der Waals surface area contributed by atoms with E-state index >= 15 is 0 Å². The number of rotatable bonds is 4. The summed E-state index contributed by atoms with van der Waals surface area (Å²) in [6.07, 6.45) is 6.32. The Kier molecular flexibility index (Phi) is 4.25. The lowest BCUT2D eigenvalue weighted by Gasteiger charge is -2.23. The van der Waals surface area contributed by atoms with E-state index in [2.05, 4.69) is 45.5 Å². The molecular weight excluding hydrogens is 298 g/mol. The molecule has 4 nitrogen and oxygen atoms in total. The smallest absolute Gasteiger partial charge is 0.123 e. The number of hydrogen-bond donors (Lipinski definition) is 1. The van der Waals surface area contributed by atoms with Crippen LogP contribution in [-0.4, -0.2) is 43.2 Å². The number of likely N-dealkylation sites (tertiary alicyclic amines) is 1. The zero-order valence-electron chi connectivity index (χ0n) is 14.3. The first-order chi connectivity index (χ1) is 11.8. The molecule has 1 spiro atoms. The molecule has 0 amide bonds. The molecule has 0 radical (unpaired) electrons. The second-order valence-electron chi connectivity index (χ2n) is 7.15. The predicted molar refractivity (Wildman–Crippen MR) is 96.0 cm³/mol. The fraction of sp³-hybridized carbons (Fsp3) is 0.450. The van der Waals surface area contributed by atoms with Crippen molar-refractivity contribution in [1.29, 1.82) is 0 Å². The van der Waals surface area contributed by atoms with Gasteiger partial charge in [-0.2, -0.15) is 0 Å². The van der Waals surface area contributed by atoms with Gasteiger partial charge in [0.15, 0.2) is 0 Å². The molecule has 2 aliphatic rings. The van der Waals surface area contributed by atoms with Gasteiger partial charge in [0.1, 0.15) is 5.75 Å². The lowest BCUT2D eigenvalue weighted by Crippen LogP contribution is -2.29. The van der Waals surface area contributed by atoms with Gasteiger partial charge in [-0.15, -0.1) is 0 Å². The molecule has 2 aliphatic heterocycles. The van der Waals surface area contributed by atoms with E-state index in [0.29, 0.717) is 5.41 Å². The summed E-state index contributed by atoms with van der Waals surface area (Å²) in [5.41, 5.74) is 4.21. The van der Waals surface area contributed by atoms with Crippen LogP contribution in [-0.2, 0) is 6.54 Å². The number of ether oxygens (including phenoxy) is 1. The normalized spacial score (nSPS) is 23.9. The highest BCUT2D eigenvalue weighted by Crippen LogP contribution is 2.37. The summed E-state index contributed by atoms with van der Waals surface area (Å²) >= 11 is 0. The van der Waals surface area contributed by atoms with E-state index in [4.69, 9.17) is 4.74 Å². The van der Waals surface area contributed by atoms with Crippen LogP contribution in [0, 0.1) is 5.41 Å². The van der Waals surface area contributed by atoms with Gasteiger partial charge in [0.25, 0.3) is 0 Å². The Bertz CT molecular complexity index is 695. The van der Waals surface area contributed by atoms with Crippen molar-refractivity contribution in [3.8, 4) is 16.9 Å². The van der Waals surface area contributed by atoms with E-state index < -0.39 is 0 Å². The van der Waals surface area contributed by atoms with Gasteiger partial charge < -0.3 is 10.1 Å². The SMILES string of the molecule is COc1ccc(-c2ccncc2)cc1CN1CCC2(CCNC2)C1. The Hall–Kier alpha value is -1.91. The van der Waals surface area contributed by atoms with E-state index in [9.17, 15) is 0 Å². The third-order valence-corrected chi connectivity index (χ3v) is 5.54. The summed E-state index contributed by atoms with van der Waals surface area (Å²) < 4.78 is 5.61. The van der Waals surface area contributed by atoms with Crippen molar-refractivity contribution in [2.24, 2.45) is 5.41 Å². The van der Waals surface area contributed by atoms with Crippen LogP contribution in [0.1, 0.15) is 18.4 Å². The van der Waals surface area contributed by atoms with E-state index in [-0.39, 0.29) is 0 Å². The summed E-state index contributed by atoms with van der Waals surface area (Å²) in [4.78, 5) is 6.70. The fourth-order valence-corrected chi connectivity index (χ4v) is 4.17. The summed E-state index contributed by atoms with van der Waals surface area (Å²) in [7, 11) is 1.76. The standard InChI is InChI=1S/C20H25N3O/c1-24-19-3-2-17(16-4-8-21-9-5-16)12-18(19)13-23-11-7-20(15-23)6-10-22-14-20/h2-5,8-9,12,22H,6-7,10-11,13-15H2,1H3. The van der Waals surface area contributed by atoms with Crippen molar-refractivity contribution in [2.45, 2.75) is 19.4 Å². The summed E-state index contributed by atoms with van der Waals surface area (Å²) in [6.45, 7) is 5.70. The average Bonchev–Trinajstić information content (AvgIpc) is 3.25. The molecule has 1 atom stereocenters. The zero-order valence-corrected chi connectivity index (χ0v) is 14.3. The van der Waals surface area contributed by atoms with Crippen molar-refractivity contribution in [2.75, 3.05) is 33.3 Å². The third kappa shape index (κ3) is 3.04. The highest BCUT2D eigenvalue weighted by molar-refractivity contribution is 5.65. The quantitative estimate of drug-likeness (QED) is 0.939. The van der Waals surface area contributed by atoms with Crippen LogP contribution in [0.4, 0.5) is 0 Å². The highest BCUT2D eigenvalue weighted by Gasteiger charge is 2.40. The topological polar surface area (TPSA) is 37.4 Å². The number of methoxy groups -OCH3 is 1. The number of nitrogens with one attached hydrogen (secondary N) is 1. The Morgan fingerprint density at radius 1 is 1.17 bits per heavy atom. The Morgan fingerprint density at radius 3 is 2.79 bits per heavy atom. The van der Waals surface area contributed by atoms with Crippen molar-refractivity contribution in [3.05, 3.63) is 48.3 Å². The molecule has 1 unspecified atom stereocenters. The number of hydrogen-bond acceptors (Lipinski definition) is 4. The van der Waals surface area contributed by atoms with E-state index in [1.165, 1.54) is 55.7 Å². The molecule has 0 aliphatic carbocycles. The number of pyridine rings is 1. The van der Waals surface area contributed by atoms with Crippen LogP contribution in [0.2, 0.25) is 0 Å². The third-order valence-electron chi connectivity index (χ3n) is 5.54. The van der Waals surface area contributed by atoms with Crippen LogP contribution >= 0.6 is 0 Å². The summed E-state index contributed by atoms with van der Waals surface area (Å²) in [5.74, 6) is 0.985. The van der Waals surface area contributed by atoms with Crippen molar-refractivity contribution in [3.63, 3.8) is 0 Å². The minimum atomic E-state index is 0.510. The van der Waals surface area contributed by atoms with Gasteiger partial charge in [0, 0.05) is 37.6 Å². The molecule has 126 valence electrons. The molecule has 2 fully saturated rings. The van der Waals surface area contributed by atoms with Gasteiger partial charge in [-0.05, 0) is 66.7 Å². The van der Waals surface area contributed by atoms with Crippen LogP contribution in [0.5, 0.6) is 5.75 Å². The van der Waals surface area contributed by atoms with Crippen molar-refractivity contribution >= 4 is 0 Å². The molecule has 3 heterocycles. The van der Waals surface area contributed by atoms with Crippen molar-refractivity contribution in [1.82, 2.24) is 15.2 Å². The maximum Gasteiger partial charge on any atom is 0.123 e. The second kappa shape index (κ2) is 6.54. The lowest BCUT2D eigenvalue weighted by atomic mass is 9.86. The first-order valence-corrected chi connectivity index (χ1v) is 8.78. The molecule has 24 heavy (non-hydrogen) atoms. The van der Waals surface area contributed by atoms with Gasteiger partial charge >= 0.3 is 0 Å². The van der Waals surface area contributed by atoms with Crippen LogP contribution in [0.15, 0.2) is 42.7 Å². The maximum atomic E-state index is 5.61. The largest absolute Gasteiger partial charge is 0.496 e. The van der Waals surface area contributed by atoms with Gasteiger partial charge in [0.05, 0.1) is 7.11 Å². The zero-order chi connectivity index (χ0) is 16.4. The fourth-order valence-electron chi connectivity index (χ4n) is 4.17. The molecule has 2 saturated heterocycles. The number of nitrogens with zero attached hydrogens (tertiary/aromatic N) is 2. The predicted octanol–water partition coefficient (Wildman–Crippen LogP) is 2.94. The Labute approximate surface area is 143 Å². The molecule has 4 heteroatoms. The maximum absolute atomic E-state index is 5.61. The van der Waals surface area contributed by atoms with E-state index in [1.54, 1.807) is 7.11 Å². The molecule has 2 aromatic rings. The molecule has 1 aromatic heterocycles. The molecular formula is C20H25N3O. The molecule has 0 saturated carbocycles. The molecule has 4 rings (SSSR count). The second-order valence-corrected chi connectivity index (χ2v) is 7.15. The van der Waals surface area contributed by atoms with Gasteiger partial charge in [-0.3, -0.25) is 9.88 Å². The average molecular weight is 323 g/mol. The van der Waals surface area contributed by atoms with Gasteiger partial charge in [-0.25, -0.2) is 0 Å². The van der Waals surface area contributed by atoms with Crippen LogP contribution in [0.25, 0.3) is 11.1 Å². The number of aromatic nitrogens is 1. The van der Waals surface area contributed by atoms with Gasteiger partial charge in [0.2, 0.25) is 0 Å². The summed E-state index contributed by atoms with van der Waals surface area (Å²) in [6, 6.07) is 10.6. The van der Waals surface area contributed by atoms with Crippen LogP contribution in [0.3, 0.4) is 0 Å². The minimum absolute atomic E-state index is 0.510. The number of benzene rings is 1. The first-order valence-electron chi connectivity index (χ1n) is 8.78.